The van der Waals surface area contributed by atoms with Crippen molar-refractivity contribution in [3.8, 4) is 112 Å². The third-order valence-electron chi connectivity index (χ3n) is 28.5. The topological polar surface area (TPSA) is 19.7 Å². The number of rotatable bonds is 12. The van der Waals surface area contributed by atoms with Crippen LogP contribution >= 0.6 is 0 Å². The molecule has 4 heterocycles. The second kappa shape index (κ2) is 32.0. The summed E-state index contributed by atoms with van der Waals surface area (Å²) in [6.45, 7) is 0. The van der Waals surface area contributed by atoms with E-state index in [-0.39, 0.29) is 0 Å². The molecule has 0 saturated heterocycles. The molecule has 4 aromatic heterocycles. The van der Waals surface area contributed by atoms with E-state index in [0.717, 1.165) is 22.7 Å². The number of hydrogen-bond donors (Lipinski definition) is 0. The Hall–Kier alpha value is -18.0. The van der Waals surface area contributed by atoms with Crippen LogP contribution in [-0.4, -0.2) is 18.3 Å². The van der Waals surface area contributed by atoms with E-state index in [1.165, 1.54) is 241 Å². The van der Waals surface area contributed by atoms with Crippen LogP contribution in [0.25, 0.3) is 264 Å². The average molecular weight is 1730 g/mol. The number of hydrogen-bond acceptors (Lipinski definition) is 0. The molecule has 0 bridgehead atoms. The Bertz CT molecular complexity index is 9270. The quantitative estimate of drug-likeness (QED) is 0.109. The number of benzene rings is 24. The smallest absolute Gasteiger partial charge is 0.0619 e. The van der Waals surface area contributed by atoms with Gasteiger partial charge in [-0.2, -0.15) is 0 Å². The summed E-state index contributed by atoms with van der Waals surface area (Å²) in [5, 5.41) is 24.7. The van der Waals surface area contributed by atoms with Crippen molar-refractivity contribution in [2.45, 2.75) is 0 Å². The molecule has 28 rings (SSSR count). The van der Waals surface area contributed by atoms with Crippen LogP contribution < -0.4 is 0 Å². The zero-order valence-corrected chi connectivity index (χ0v) is 74.3. The Kier molecular flexibility index (Phi) is 18.3. The first kappa shape index (κ1) is 77.9. The molecule has 0 aliphatic rings. The van der Waals surface area contributed by atoms with Gasteiger partial charge in [0.25, 0.3) is 0 Å². The summed E-state index contributed by atoms with van der Waals surface area (Å²) in [6.07, 6.45) is 0. The Morgan fingerprint density at radius 2 is 0.353 bits per heavy atom. The Balaban J connectivity index is 0.000000138. The van der Waals surface area contributed by atoms with Crippen LogP contribution in [0.15, 0.2) is 510 Å². The first-order valence-electron chi connectivity index (χ1n) is 47.0. The molecule has 24 aromatic carbocycles. The SMILES string of the molecule is c1ccc(-c2ccc3cc(-c4c5cccc(-c6ccc7c8ccccc8n(-c8ccccc8)c7c6)c5cc5c(-c6ccc7c8ccccc8n(-c8ccccc8)c7c6)cccc45)ccc3c2)cc1.c1ccc(-c2ccc3cc(-c4c5cccc(-c6cccc7c8ccccc8n(-c8ccccc8)c67)c5cc5c(-c6cccc7c8ccccc8n(-c8ccccc8)c67)cccc45)ccc3c2)cc1. The lowest BCUT2D eigenvalue weighted by Gasteiger charge is -2.19. The van der Waals surface area contributed by atoms with Crippen molar-refractivity contribution in [3.05, 3.63) is 510 Å². The van der Waals surface area contributed by atoms with Crippen molar-refractivity contribution in [2.75, 3.05) is 0 Å². The molecule has 0 saturated carbocycles. The van der Waals surface area contributed by atoms with E-state index in [9.17, 15) is 0 Å². The molecule has 0 fully saturated rings. The Morgan fingerprint density at radius 1 is 0.110 bits per heavy atom. The summed E-state index contributed by atoms with van der Waals surface area (Å²) in [4.78, 5) is 0. The standard InChI is InChI=1S/2C66H42N2/c1-4-18-43(19-5-1)44-36-37-46-41-47(39-38-45(46)40-44)64-54-28-14-26-50(56-30-16-32-58-52-24-10-12-34-62(52)67(65(56)58)48-20-6-2-7-21-48)60(54)42-61-51(27-15-29-55(61)64)57-31-17-33-59-53-25-11-13-35-63(53)68(66(57)59)49-22-8-3-9-23-49;1-4-16-43(17-5-1)44-30-31-46-39-49(33-32-45(46)38-44)66-58-26-14-24-52(47-34-36-56-54-22-10-12-28-62(54)67(64(56)40-47)50-18-6-2-7-19-50)60(58)42-61-53(25-15-27-59(61)66)48-35-37-57-55-23-11-13-29-63(55)68(65(57)41-48)51-20-8-3-9-21-51/h2*1-42H. The normalized spacial score (nSPS) is 11.8. The molecule has 136 heavy (non-hydrogen) atoms. The minimum atomic E-state index is 1.15. The van der Waals surface area contributed by atoms with Gasteiger partial charge in [-0.1, -0.05) is 388 Å². The fraction of sp³-hybridized carbons (Fsp3) is 0. The number of nitrogens with zero attached hydrogens (tertiary/aromatic N) is 4. The van der Waals surface area contributed by atoms with Crippen molar-refractivity contribution in [1.29, 1.82) is 0 Å². The highest BCUT2D eigenvalue weighted by Crippen LogP contribution is 2.51. The lowest BCUT2D eigenvalue weighted by atomic mass is 9.85. The second-order valence-electron chi connectivity index (χ2n) is 36.0. The third kappa shape index (κ3) is 12.7. The molecular formula is C132H84N4. The number of aromatic nitrogens is 4. The van der Waals surface area contributed by atoms with E-state index in [0.29, 0.717) is 0 Å². The number of para-hydroxylation sites is 10. The van der Waals surface area contributed by atoms with Gasteiger partial charge in [-0.25, -0.2) is 0 Å². The van der Waals surface area contributed by atoms with Crippen LogP contribution in [0.5, 0.6) is 0 Å². The molecule has 0 aliphatic carbocycles. The molecule has 28 aromatic rings. The predicted molar refractivity (Wildman–Crippen MR) is 579 cm³/mol. The van der Waals surface area contributed by atoms with Crippen LogP contribution in [0, 0.1) is 0 Å². The van der Waals surface area contributed by atoms with Crippen LogP contribution in [0.1, 0.15) is 0 Å². The van der Waals surface area contributed by atoms with Gasteiger partial charge in [0, 0.05) is 77.0 Å². The molecule has 0 atom stereocenters. The number of fused-ring (bicyclic) bond motifs is 18. The molecule has 632 valence electrons. The maximum absolute atomic E-state index is 2.49. The highest BCUT2D eigenvalue weighted by atomic mass is 15.0. The van der Waals surface area contributed by atoms with E-state index in [2.05, 4.69) is 528 Å². The van der Waals surface area contributed by atoms with Crippen LogP contribution in [-0.2, 0) is 0 Å². The minimum absolute atomic E-state index is 1.15. The van der Waals surface area contributed by atoms with Crippen molar-refractivity contribution in [1.82, 2.24) is 18.3 Å². The highest BCUT2D eigenvalue weighted by Gasteiger charge is 2.26. The summed E-state index contributed by atoms with van der Waals surface area (Å²) >= 11 is 0. The highest BCUT2D eigenvalue weighted by molar-refractivity contribution is 6.26. The molecule has 0 amide bonds. The van der Waals surface area contributed by atoms with Crippen LogP contribution in [0.4, 0.5) is 0 Å². The Morgan fingerprint density at radius 3 is 0.706 bits per heavy atom. The molecule has 4 nitrogen and oxygen atoms in total. The van der Waals surface area contributed by atoms with E-state index in [4.69, 9.17) is 0 Å². The molecule has 0 unspecified atom stereocenters. The fourth-order valence-corrected chi connectivity index (χ4v) is 22.5. The zero-order chi connectivity index (χ0) is 89.4. The van der Waals surface area contributed by atoms with Gasteiger partial charge in [0.05, 0.1) is 44.1 Å². The summed E-state index contributed by atoms with van der Waals surface area (Å²) in [6, 6.07) is 188. The second-order valence-corrected chi connectivity index (χ2v) is 36.0. The first-order valence-corrected chi connectivity index (χ1v) is 47.0. The molecular weight excluding hydrogens is 1640 g/mol. The predicted octanol–water partition coefficient (Wildman–Crippen LogP) is 36.0. The molecule has 0 aliphatic heterocycles. The molecule has 4 heteroatoms. The summed E-state index contributed by atoms with van der Waals surface area (Å²) in [5.74, 6) is 0. The Labute approximate surface area is 785 Å². The van der Waals surface area contributed by atoms with E-state index in [1.807, 2.05) is 0 Å². The van der Waals surface area contributed by atoms with Gasteiger partial charge in [-0.05, 0) is 264 Å². The minimum Gasteiger partial charge on any atom is -0.309 e. The molecule has 0 N–H and O–H groups in total. The van der Waals surface area contributed by atoms with Gasteiger partial charge >= 0.3 is 0 Å². The molecule has 0 radical (unpaired) electrons. The fourth-order valence-electron chi connectivity index (χ4n) is 22.5. The van der Waals surface area contributed by atoms with Gasteiger partial charge in [0.1, 0.15) is 0 Å². The lowest BCUT2D eigenvalue weighted by molar-refractivity contribution is 1.18. The van der Waals surface area contributed by atoms with E-state index in [1.54, 1.807) is 0 Å². The summed E-state index contributed by atoms with van der Waals surface area (Å²) < 4.78 is 9.76. The van der Waals surface area contributed by atoms with Crippen molar-refractivity contribution in [3.63, 3.8) is 0 Å². The van der Waals surface area contributed by atoms with Crippen molar-refractivity contribution >= 4 is 152 Å². The van der Waals surface area contributed by atoms with Gasteiger partial charge < -0.3 is 18.3 Å². The maximum atomic E-state index is 2.49. The van der Waals surface area contributed by atoms with Gasteiger partial charge in [0.2, 0.25) is 0 Å². The van der Waals surface area contributed by atoms with Gasteiger partial charge in [-0.3, -0.25) is 0 Å². The largest absolute Gasteiger partial charge is 0.309 e. The van der Waals surface area contributed by atoms with E-state index >= 15 is 0 Å². The summed E-state index contributed by atoms with van der Waals surface area (Å²) in [5.41, 5.74) is 33.6. The van der Waals surface area contributed by atoms with Crippen LogP contribution in [0.3, 0.4) is 0 Å². The monoisotopic (exact) mass is 1720 g/mol. The average Bonchev–Trinajstić information content (AvgIpc) is 1.09. The van der Waals surface area contributed by atoms with E-state index < -0.39 is 0 Å². The third-order valence-corrected chi connectivity index (χ3v) is 28.5. The van der Waals surface area contributed by atoms with Gasteiger partial charge in [0.15, 0.2) is 0 Å². The molecule has 0 spiro atoms. The van der Waals surface area contributed by atoms with Crippen molar-refractivity contribution in [2.24, 2.45) is 0 Å². The maximum Gasteiger partial charge on any atom is 0.0619 e. The van der Waals surface area contributed by atoms with Crippen molar-refractivity contribution < 1.29 is 0 Å². The zero-order valence-electron chi connectivity index (χ0n) is 74.3. The lowest BCUT2D eigenvalue weighted by Crippen LogP contribution is -1.97. The first-order chi connectivity index (χ1) is 67.5. The van der Waals surface area contributed by atoms with Gasteiger partial charge in [-0.15, -0.1) is 0 Å². The van der Waals surface area contributed by atoms with Crippen LogP contribution in [0.2, 0.25) is 0 Å². The summed E-state index contributed by atoms with van der Waals surface area (Å²) in [7, 11) is 0.